The molecule has 0 unspecified atom stereocenters. The fraction of sp³-hybridized carbons (Fsp3) is 0.519. The monoisotopic (exact) mass is 512 g/mol. The molecule has 1 fully saturated rings. The Morgan fingerprint density at radius 2 is 1.89 bits per heavy atom. The van der Waals surface area contributed by atoms with Gasteiger partial charge in [0.25, 0.3) is 11.5 Å². The number of rotatable bonds is 8. The van der Waals surface area contributed by atoms with Crippen molar-refractivity contribution in [3.63, 3.8) is 0 Å². The number of ether oxygens (including phenoxy) is 1. The molecule has 2 aromatic rings. The number of pyridine rings is 1. The van der Waals surface area contributed by atoms with Crippen molar-refractivity contribution in [3.05, 3.63) is 50.7 Å². The Bertz CT molecular complexity index is 1230. The standard InChI is InChI=1S/C27H36N4O4S/c1-5-35-27(34)23-24(29-13-15-30(16-14-29)25(32)22-8-6-17-36-22)20-18-19(2)9-10-21(20)31(26(23)33)12-7-11-28(3)4/h8-10,18H,5-7,11-17H2,1-4H3. The maximum Gasteiger partial charge on any atom is 0.345 e. The number of nitrogens with zero attached hydrogens (tertiary/aromatic N) is 4. The van der Waals surface area contributed by atoms with Crippen LogP contribution in [0.5, 0.6) is 0 Å². The minimum atomic E-state index is -0.590. The molecular weight excluding hydrogens is 476 g/mol. The topological polar surface area (TPSA) is 75.1 Å². The predicted octanol–water partition coefficient (Wildman–Crippen LogP) is 3.11. The molecule has 4 rings (SSSR count). The third kappa shape index (κ3) is 5.47. The van der Waals surface area contributed by atoms with Crippen molar-refractivity contribution in [1.82, 2.24) is 14.4 Å². The number of amides is 1. The van der Waals surface area contributed by atoms with Gasteiger partial charge in [0.2, 0.25) is 0 Å². The van der Waals surface area contributed by atoms with Gasteiger partial charge in [0.05, 0.1) is 22.7 Å². The average Bonchev–Trinajstić information content (AvgIpc) is 3.39. The minimum absolute atomic E-state index is 0.0831. The van der Waals surface area contributed by atoms with Gasteiger partial charge in [-0.05, 0) is 59.5 Å². The lowest BCUT2D eigenvalue weighted by Crippen LogP contribution is -2.50. The second-order valence-corrected chi connectivity index (χ2v) is 10.7. The van der Waals surface area contributed by atoms with E-state index in [-0.39, 0.29) is 23.6 Å². The summed E-state index contributed by atoms with van der Waals surface area (Å²) >= 11 is 1.62. The van der Waals surface area contributed by atoms with E-state index in [4.69, 9.17) is 4.74 Å². The van der Waals surface area contributed by atoms with E-state index in [9.17, 15) is 14.4 Å². The van der Waals surface area contributed by atoms with Crippen molar-refractivity contribution in [2.75, 3.05) is 64.1 Å². The summed E-state index contributed by atoms with van der Waals surface area (Å²) in [5.41, 5.74) is 2.27. The highest BCUT2D eigenvalue weighted by Gasteiger charge is 2.31. The van der Waals surface area contributed by atoms with Crippen LogP contribution in [-0.2, 0) is 16.1 Å². The molecule has 0 saturated carbocycles. The van der Waals surface area contributed by atoms with Gasteiger partial charge in [0.15, 0.2) is 0 Å². The van der Waals surface area contributed by atoms with Gasteiger partial charge in [-0.3, -0.25) is 9.59 Å². The van der Waals surface area contributed by atoms with Gasteiger partial charge in [-0.2, -0.15) is 0 Å². The van der Waals surface area contributed by atoms with Gasteiger partial charge in [0, 0.05) is 43.9 Å². The number of carbonyl (C=O) groups is 2. The first-order valence-electron chi connectivity index (χ1n) is 12.7. The summed E-state index contributed by atoms with van der Waals surface area (Å²) in [5.74, 6) is 0.452. The molecule has 36 heavy (non-hydrogen) atoms. The molecule has 1 aromatic carbocycles. The Hall–Kier alpha value is -2.78. The largest absolute Gasteiger partial charge is 0.462 e. The zero-order valence-corrected chi connectivity index (χ0v) is 22.5. The van der Waals surface area contributed by atoms with Crippen LogP contribution in [0.3, 0.4) is 0 Å². The molecule has 8 nitrogen and oxygen atoms in total. The summed E-state index contributed by atoms with van der Waals surface area (Å²) in [5, 5.41) is 0.872. The van der Waals surface area contributed by atoms with E-state index in [1.807, 2.05) is 50.2 Å². The van der Waals surface area contributed by atoms with E-state index in [1.165, 1.54) is 0 Å². The molecule has 9 heteroatoms. The number of anilines is 1. The van der Waals surface area contributed by atoms with Crippen molar-refractivity contribution < 1.29 is 14.3 Å². The lowest BCUT2D eigenvalue weighted by molar-refractivity contribution is -0.126. The summed E-state index contributed by atoms with van der Waals surface area (Å²) in [4.78, 5) is 46.8. The van der Waals surface area contributed by atoms with Gasteiger partial charge in [0.1, 0.15) is 5.56 Å². The molecule has 2 aliphatic heterocycles. The van der Waals surface area contributed by atoms with Gasteiger partial charge in [-0.1, -0.05) is 17.7 Å². The van der Waals surface area contributed by atoms with Crippen LogP contribution >= 0.6 is 11.8 Å². The number of aryl methyl sites for hydroxylation is 2. The first-order valence-corrected chi connectivity index (χ1v) is 13.7. The lowest BCUT2D eigenvalue weighted by Gasteiger charge is -2.37. The molecule has 0 radical (unpaired) electrons. The Morgan fingerprint density at radius 1 is 1.14 bits per heavy atom. The van der Waals surface area contributed by atoms with E-state index in [0.717, 1.165) is 46.5 Å². The molecule has 1 saturated heterocycles. The first kappa shape index (κ1) is 26.3. The van der Waals surface area contributed by atoms with Crippen molar-refractivity contribution in [2.45, 2.75) is 33.2 Å². The number of hydrogen-bond acceptors (Lipinski definition) is 7. The van der Waals surface area contributed by atoms with Crippen LogP contribution in [0.1, 0.15) is 35.7 Å². The maximum atomic E-state index is 13.8. The highest BCUT2D eigenvalue weighted by atomic mass is 32.2. The van der Waals surface area contributed by atoms with Crippen LogP contribution in [0.2, 0.25) is 0 Å². The van der Waals surface area contributed by atoms with Gasteiger partial charge < -0.3 is 24.0 Å². The molecule has 1 amide bonds. The second kappa shape index (κ2) is 11.5. The molecule has 0 spiro atoms. The summed E-state index contributed by atoms with van der Waals surface area (Å²) < 4.78 is 7.10. The van der Waals surface area contributed by atoms with E-state index < -0.39 is 5.97 Å². The average molecular weight is 513 g/mol. The summed E-state index contributed by atoms with van der Waals surface area (Å²) in [6.45, 7) is 7.47. The summed E-state index contributed by atoms with van der Waals surface area (Å²) in [7, 11) is 4.01. The number of hydrogen-bond donors (Lipinski definition) is 0. The number of aromatic nitrogens is 1. The fourth-order valence-electron chi connectivity index (χ4n) is 4.89. The van der Waals surface area contributed by atoms with Gasteiger partial charge >= 0.3 is 5.97 Å². The molecule has 194 valence electrons. The Morgan fingerprint density at radius 3 is 2.53 bits per heavy atom. The van der Waals surface area contributed by atoms with E-state index >= 15 is 0 Å². The number of thioether (sulfide) groups is 1. The van der Waals surface area contributed by atoms with Crippen LogP contribution in [0.15, 0.2) is 34.0 Å². The number of allylic oxidation sites excluding steroid dienone is 1. The molecule has 1 aromatic heterocycles. The van der Waals surface area contributed by atoms with Crippen molar-refractivity contribution in [1.29, 1.82) is 0 Å². The third-order valence-corrected chi connectivity index (χ3v) is 7.75. The Balaban J connectivity index is 1.75. The molecule has 3 heterocycles. The van der Waals surface area contributed by atoms with Crippen molar-refractivity contribution >= 4 is 40.2 Å². The second-order valence-electron chi connectivity index (χ2n) is 9.56. The number of benzene rings is 1. The van der Waals surface area contributed by atoms with Crippen LogP contribution in [-0.4, -0.2) is 85.4 Å². The van der Waals surface area contributed by atoms with Crippen LogP contribution in [0.4, 0.5) is 5.69 Å². The number of fused-ring (bicyclic) bond motifs is 1. The predicted molar refractivity (Wildman–Crippen MR) is 146 cm³/mol. The summed E-state index contributed by atoms with van der Waals surface area (Å²) in [6.07, 6.45) is 3.74. The fourth-order valence-corrected chi connectivity index (χ4v) is 5.84. The molecule has 0 bridgehead atoms. The van der Waals surface area contributed by atoms with Crippen molar-refractivity contribution in [2.24, 2.45) is 0 Å². The van der Waals surface area contributed by atoms with E-state index in [2.05, 4.69) is 9.80 Å². The highest BCUT2D eigenvalue weighted by Crippen LogP contribution is 2.32. The molecule has 0 atom stereocenters. The van der Waals surface area contributed by atoms with E-state index in [0.29, 0.717) is 38.4 Å². The minimum Gasteiger partial charge on any atom is -0.462 e. The molecular formula is C27H36N4O4S. The zero-order valence-electron chi connectivity index (χ0n) is 21.7. The van der Waals surface area contributed by atoms with E-state index in [1.54, 1.807) is 23.3 Å². The SMILES string of the molecule is CCOC(=O)c1c(N2CCN(C(=O)C3=CCCS3)CC2)c2cc(C)ccc2n(CCCN(C)C)c1=O. The first-order chi connectivity index (χ1) is 17.3. The van der Waals surface area contributed by atoms with Crippen LogP contribution in [0, 0.1) is 6.92 Å². The maximum absolute atomic E-state index is 13.8. The third-order valence-electron chi connectivity index (χ3n) is 6.66. The van der Waals surface area contributed by atoms with Crippen molar-refractivity contribution in [3.8, 4) is 0 Å². The highest BCUT2D eigenvalue weighted by molar-refractivity contribution is 8.04. The van der Waals surface area contributed by atoms with Gasteiger partial charge in [-0.15, -0.1) is 11.8 Å². The molecule has 0 aliphatic carbocycles. The summed E-state index contributed by atoms with van der Waals surface area (Å²) in [6, 6.07) is 6.03. The number of carbonyl (C=O) groups excluding carboxylic acids is 2. The number of esters is 1. The Labute approximate surface area is 216 Å². The molecule has 0 N–H and O–H groups in total. The molecule has 2 aliphatic rings. The van der Waals surface area contributed by atoms with Crippen LogP contribution < -0.4 is 10.5 Å². The smallest absolute Gasteiger partial charge is 0.345 e. The normalized spacial score (nSPS) is 16.1. The van der Waals surface area contributed by atoms with Gasteiger partial charge in [-0.25, -0.2) is 4.79 Å². The lowest BCUT2D eigenvalue weighted by atomic mass is 10.0. The Kier molecular flexibility index (Phi) is 8.41. The zero-order chi connectivity index (χ0) is 25.8. The van der Waals surface area contributed by atoms with Crippen LogP contribution in [0.25, 0.3) is 10.9 Å². The quantitative estimate of drug-likeness (QED) is 0.503. The number of piperazine rings is 1.